The van der Waals surface area contributed by atoms with E-state index in [4.69, 9.17) is 8.94 Å². The lowest BCUT2D eigenvalue weighted by Gasteiger charge is -2.15. The zero-order chi connectivity index (χ0) is 15.6. The molecule has 2 atom stereocenters. The Balaban J connectivity index is 1.65. The molecular formula is C17H15N3O3. The number of likely N-dealkylation sites (tertiary alicyclic amines) is 1. The summed E-state index contributed by atoms with van der Waals surface area (Å²) >= 11 is 0. The highest BCUT2D eigenvalue weighted by Crippen LogP contribution is 2.38. The Morgan fingerprint density at radius 2 is 1.96 bits per heavy atom. The molecule has 3 aromatic rings. The van der Waals surface area contributed by atoms with Crippen molar-refractivity contribution in [2.24, 2.45) is 0 Å². The number of furan rings is 1. The average molecular weight is 309 g/mol. The number of carbonyl (C=O) groups excluding carboxylic acids is 1. The number of hydrogen-bond acceptors (Lipinski definition) is 5. The van der Waals surface area contributed by atoms with Gasteiger partial charge in [-0.25, -0.2) is 0 Å². The lowest BCUT2D eigenvalue weighted by atomic mass is 9.88. The maximum absolute atomic E-state index is 12.6. The average Bonchev–Trinajstić information content (AvgIpc) is 3.35. The van der Waals surface area contributed by atoms with E-state index in [-0.39, 0.29) is 17.7 Å². The van der Waals surface area contributed by atoms with E-state index >= 15 is 0 Å². The van der Waals surface area contributed by atoms with Crippen LogP contribution in [0.25, 0.3) is 0 Å². The molecule has 0 N–H and O–H groups in total. The van der Waals surface area contributed by atoms with Gasteiger partial charge in [-0.15, -0.1) is 0 Å². The first-order valence-electron chi connectivity index (χ1n) is 7.45. The Labute approximate surface area is 132 Å². The van der Waals surface area contributed by atoms with E-state index in [9.17, 15) is 4.79 Å². The van der Waals surface area contributed by atoms with Gasteiger partial charge in [0.2, 0.25) is 6.39 Å². The van der Waals surface area contributed by atoms with Crippen molar-refractivity contribution in [2.45, 2.75) is 11.8 Å². The van der Waals surface area contributed by atoms with Gasteiger partial charge in [0, 0.05) is 24.9 Å². The molecule has 1 aliphatic heterocycles. The van der Waals surface area contributed by atoms with Crippen molar-refractivity contribution in [2.75, 3.05) is 13.1 Å². The van der Waals surface area contributed by atoms with Crippen LogP contribution < -0.4 is 0 Å². The first-order chi connectivity index (χ1) is 11.3. The first-order valence-corrected chi connectivity index (χ1v) is 7.45. The van der Waals surface area contributed by atoms with Crippen molar-refractivity contribution in [3.05, 3.63) is 72.3 Å². The Morgan fingerprint density at radius 1 is 1.13 bits per heavy atom. The third-order valence-corrected chi connectivity index (χ3v) is 4.31. The molecule has 1 saturated heterocycles. The molecule has 4 rings (SSSR count). The number of rotatable bonds is 3. The molecule has 0 radical (unpaired) electrons. The molecular weight excluding hydrogens is 294 g/mol. The summed E-state index contributed by atoms with van der Waals surface area (Å²) in [6.45, 7) is 1.18. The summed E-state index contributed by atoms with van der Waals surface area (Å²) in [5.74, 6) is 0.767. The molecule has 1 aromatic carbocycles. The third kappa shape index (κ3) is 2.52. The highest BCUT2D eigenvalue weighted by molar-refractivity contribution is 5.94. The Kier molecular flexibility index (Phi) is 3.42. The van der Waals surface area contributed by atoms with Crippen LogP contribution in [0.4, 0.5) is 0 Å². The number of aromatic nitrogens is 2. The van der Waals surface area contributed by atoms with Crippen LogP contribution in [0, 0.1) is 0 Å². The molecule has 2 aromatic heterocycles. The van der Waals surface area contributed by atoms with E-state index in [0.29, 0.717) is 24.5 Å². The first kappa shape index (κ1) is 13.8. The summed E-state index contributed by atoms with van der Waals surface area (Å²) in [4.78, 5) is 18.6. The SMILES string of the molecule is O=C(c1ccoc1)N1C[C@H](c2ccccc2)[C@H](c2ncon2)C1. The van der Waals surface area contributed by atoms with Crippen LogP contribution in [0.1, 0.15) is 33.6 Å². The van der Waals surface area contributed by atoms with E-state index in [2.05, 4.69) is 22.3 Å². The summed E-state index contributed by atoms with van der Waals surface area (Å²) < 4.78 is 9.92. The number of carbonyl (C=O) groups is 1. The van der Waals surface area contributed by atoms with Gasteiger partial charge in [0.1, 0.15) is 6.26 Å². The van der Waals surface area contributed by atoms with Gasteiger partial charge in [0.25, 0.3) is 5.91 Å². The van der Waals surface area contributed by atoms with E-state index in [1.54, 1.807) is 6.07 Å². The van der Waals surface area contributed by atoms with Crippen LogP contribution in [0.15, 0.2) is 64.3 Å². The second-order valence-corrected chi connectivity index (χ2v) is 5.64. The van der Waals surface area contributed by atoms with Crippen molar-refractivity contribution in [3.8, 4) is 0 Å². The number of benzene rings is 1. The van der Waals surface area contributed by atoms with Gasteiger partial charge < -0.3 is 13.8 Å². The van der Waals surface area contributed by atoms with Gasteiger partial charge >= 0.3 is 0 Å². The second kappa shape index (κ2) is 5.72. The normalized spacial score (nSPS) is 20.8. The van der Waals surface area contributed by atoms with Crippen molar-refractivity contribution in [1.82, 2.24) is 15.0 Å². The predicted octanol–water partition coefficient (Wildman–Crippen LogP) is 2.69. The minimum atomic E-state index is -0.0364. The summed E-state index contributed by atoms with van der Waals surface area (Å²) in [6.07, 6.45) is 4.31. The van der Waals surface area contributed by atoms with Crippen molar-refractivity contribution in [3.63, 3.8) is 0 Å². The van der Waals surface area contributed by atoms with Crippen LogP contribution in [0.3, 0.4) is 0 Å². The molecule has 6 nitrogen and oxygen atoms in total. The molecule has 0 aliphatic carbocycles. The minimum absolute atomic E-state index is 0.0204. The molecule has 3 heterocycles. The third-order valence-electron chi connectivity index (χ3n) is 4.31. The lowest BCUT2D eigenvalue weighted by Crippen LogP contribution is -2.28. The van der Waals surface area contributed by atoms with Crippen molar-refractivity contribution in [1.29, 1.82) is 0 Å². The summed E-state index contributed by atoms with van der Waals surface area (Å²) in [5, 5.41) is 3.99. The molecule has 0 spiro atoms. The zero-order valence-electron chi connectivity index (χ0n) is 12.3. The van der Waals surface area contributed by atoms with Crippen LogP contribution in [-0.4, -0.2) is 34.0 Å². The molecule has 116 valence electrons. The van der Waals surface area contributed by atoms with E-state index in [1.165, 1.54) is 24.5 Å². The number of nitrogens with zero attached hydrogens (tertiary/aromatic N) is 3. The molecule has 1 aliphatic rings. The quantitative estimate of drug-likeness (QED) is 0.744. The molecule has 0 unspecified atom stereocenters. The van der Waals surface area contributed by atoms with Gasteiger partial charge in [-0.3, -0.25) is 4.79 Å². The standard InChI is InChI=1S/C17H15N3O3/c21-17(13-6-7-22-10-13)20-8-14(12-4-2-1-3-5-12)15(9-20)16-18-11-23-19-16/h1-7,10-11,14-15H,8-9H2/t14-,15-/m1/s1. The Morgan fingerprint density at radius 3 is 2.65 bits per heavy atom. The van der Waals surface area contributed by atoms with Crippen LogP contribution in [0.2, 0.25) is 0 Å². The smallest absolute Gasteiger partial charge is 0.257 e. The second-order valence-electron chi connectivity index (χ2n) is 5.64. The van der Waals surface area contributed by atoms with Gasteiger partial charge in [-0.05, 0) is 11.6 Å². The van der Waals surface area contributed by atoms with Gasteiger partial charge in [0.15, 0.2) is 5.82 Å². The van der Waals surface area contributed by atoms with Crippen LogP contribution in [-0.2, 0) is 0 Å². The van der Waals surface area contributed by atoms with Gasteiger partial charge in [-0.2, -0.15) is 4.98 Å². The summed E-state index contributed by atoms with van der Waals surface area (Å²) in [5.41, 5.74) is 1.73. The van der Waals surface area contributed by atoms with Gasteiger partial charge in [0.05, 0.1) is 11.8 Å². The van der Waals surface area contributed by atoms with Crippen molar-refractivity contribution >= 4 is 5.91 Å². The Hall–Kier alpha value is -2.89. The summed E-state index contributed by atoms with van der Waals surface area (Å²) in [6, 6.07) is 11.8. The van der Waals surface area contributed by atoms with Crippen LogP contribution in [0.5, 0.6) is 0 Å². The van der Waals surface area contributed by atoms with E-state index in [0.717, 1.165) is 0 Å². The fourth-order valence-corrected chi connectivity index (χ4v) is 3.18. The zero-order valence-corrected chi connectivity index (χ0v) is 12.3. The fraction of sp³-hybridized carbons (Fsp3) is 0.235. The van der Waals surface area contributed by atoms with E-state index in [1.807, 2.05) is 23.1 Å². The molecule has 1 amide bonds. The fourth-order valence-electron chi connectivity index (χ4n) is 3.18. The highest BCUT2D eigenvalue weighted by atomic mass is 16.5. The molecule has 23 heavy (non-hydrogen) atoms. The maximum atomic E-state index is 12.6. The predicted molar refractivity (Wildman–Crippen MR) is 80.8 cm³/mol. The maximum Gasteiger partial charge on any atom is 0.257 e. The molecule has 0 bridgehead atoms. The monoisotopic (exact) mass is 309 g/mol. The lowest BCUT2D eigenvalue weighted by molar-refractivity contribution is 0.0788. The molecule has 6 heteroatoms. The Bertz CT molecular complexity index is 769. The molecule has 0 saturated carbocycles. The largest absolute Gasteiger partial charge is 0.472 e. The molecule has 1 fully saturated rings. The number of amides is 1. The summed E-state index contributed by atoms with van der Waals surface area (Å²) in [7, 11) is 0. The van der Waals surface area contributed by atoms with Gasteiger partial charge in [-0.1, -0.05) is 35.5 Å². The van der Waals surface area contributed by atoms with E-state index < -0.39 is 0 Å². The minimum Gasteiger partial charge on any atom is -0.472 e. The van der Waals surface area contributed by atoms with Crippen molar-refractivity contribution < 1.29 is 13.7 Å². The van der Waals surface area contributed by atoms with Crippen LogP contribution >= 0.6 is 0 Å². The number of hydrogen-bond donors (Lipinski definition) is 0. The topological polar surface area (TPSA) is 72.4 Å². The highest BCUT2D eigenvalue weighted by Gasteiger charge is 2.39.